The molecule has 1 aromatic rings. The average molecular weight is 253 g/mol. The summed E-state index contributed by atoms with van der Waals surface area (Å²) in [6, 6.07) is 5.14. The van der Waals surface area contributed by atoms with Crippen LogP contribution in [0.2, 0.25) is 5.02 Å². The standard InChI is InChI=1S/C12H13ClN2O2/c1-2-17-12(16)5-9-3-8(6-14)4-11(13)10(9)7-15/h3-4H,2,5,7,15H2,1H3. The lowest BCUT2D eigenvalue weighted by atomic mass is 10.0. The number of ether oxygens (including phenoxy) is 1. The molecule has 0 spiro atoms. The summed E-state index contributed by atoms with van der Waals surface area (Å²) >= 11 is 5.99. The van der Waals surface area contributed by atoms with Gasteiger partial charge in [-0.2, -0.15) is 5.26 Å². The molecule has 1 rings (SSSR count). The van der Waals surface area contributed by atoms with Crippen molar-refractivity contribution in [3.05, 3.63) is 33.8 Å². The number of esters is 1. The van der Waals surface area contributed by atoms with E-state index in [0.717, 1.165) is 0 Å². The highest BCUT2D eigenvalue weighted by atomic mass is 35.5. The minimum Gasteiger partial charge on any atom is -0.466 e. The number of rotatable bonds is 4. The largest absolute Gasteiger partial charge is 0.466 e. The molecule has 0 aromatic heterocycles. The van der Waals surface area contributed by atoms with E-state index in [4.69, 9.17) is 27.3 Å². The Bertz CT molecular complexity index is 466. The Balaban J connectivity index is 3.08. The van der Waals surface area contributed by atoms with Crippen LogP contribution in [0.25, 0.3) is 0 Å². The van der Waals surface area contributed by atoms with Crippen molar-refractivity contribution in [3.8, 4) is 6.07 Å². The number of nitrogens with zero attached hydrogens (tertiary/aromatic N) is 1. The van der Waals surface area contributed by atoms with E-state index in [1.54, 1.807) is 19.1 Å². The first kappa shape index (κ1) is 13.5. The van der Waals surface area contributed by atoms with Crippen LogP contribution < -0.4 is 5.73 Å². The summed E-state index contributed by atoms with van der Waals surface area (Å²) < 4.78 is 4.85. The Morgan fingerprint density at radius 3 is 2.82 bits per heavy atom. The van der Waals surface area contributed by atoms with Gasteiger partial charge < -0.3 is 10.5 Å². The van der Waals surface area contributed by atoms with Gasteiger partial charge in [0, 0.05) is 11.6 Å². The van der Waals surface area contributed by atoms with Crippen LogP contribution in [0, 0.1) is 11.3 Å². The predicted octanol–water partition coefficient (Wildman–Crippen LogP) is 1.78. The van der Waals surface area contributed by atoms with Gasteiger partial charge in [0.2, 0.25) is 0 Å². The van der Waals surface area contributed by atoms with Gasteiger partial charge in [0.05, 0.1) is 24.7 Å². The molecule has 0 aliphatic carbocycles. The quantitative estimate of drug-likeness (QED) is 0.829. The Morgan fingerprint density at radius 2 is 2.29 bits per heavy atom. The van der Waals surface area contributed by atoms with E-state index in [9.17, 15) is 4.79 Å². The van der Waals surface area contributed by atoms with Gasteiger partial charge in [-0.1, -0.05) is 11.6 Å². The van der Waals surface area contributed by atoms with Gasteiger partial charge in [0.1, 0.15) is 0 Å². The fourth-order valence-corrected chi connectivity index (χ4v) is 1.83. The molecular formula is C12H13ClN2O2. The molecule has 1 aromatic carbocycles. The zero-order valence-corrected chi connectivity index (χ0v) is 10.3. The lowest BCUT2D eigenvalue weighted by Gasteiger charge is -2.10. The number of carbonyl (C=O) groups is 1. The Hall–Kier alpha value is -1.57. The highest BCUT2D eigenvalue weighted by Crippen LogP contribution is 2.22. The Kier molecular flexibility index (Phi) is 4.95. The van der Waals surface area contributed by atoms with Crippen LogP contribution in [0.1, 0.15) is 23.6 Å². The number of nitriles is 1. The Labute approximate surface area is 105 Å². The average Bonchev–Trinajstić information content (AvgIpc) is 2.28. The molecule has 0 unspecified atom stereocenters. The molecule has 0 atom stereocenters. The summed E-state index contributed by atoms with van der Waals surface area (Å²) in [5.74, 6) is -0.353. The number of nitrogens with two attached hydrogens (primary N) is 1. The number of benzene rings is 1. The molecule has 90 valence electrons. The summed E-state index contributed by atoms with van der Waals surface area (Å²) in [6.07, 6.45) is 0.0790. The second-order valence-corrected chi connectivity index (χ2v) is 3.80. The molecule has 0 radical (unpaired) electrons. The number of halogens is 1. The molecule has 0 aliphatic rings. The first-order valence-electron chi connectivity index (χ1n) is 5.19. The third-order valence-electron chi connectivity index (χ3n) is 2.26. The van der Waals surface area contributed by atoms with E-state index in [-0.39, 0.29) is 18.9 Å². The highest BCUT2D eigenvalue weighted by Gasteiger charge is 2.12. The number of hydrogen-bond acceptors (Lipinski definition) is 4. The van der Waals surface area contributed by atoms with Crippen molar-refractivity contribution < 1.29 is 9.53 Å². The second-order valence-electron chi connectivity index (χ2n) is 3.39. The van der Waals surface area contributed by atoms with Gasteiger partial charge in [0.25, 0.3) is 0 Å². The van der Waals surface area contributed by atoms with Crippen LogP contribution in [0.5, 0.6) is 0 Å². The number of hydrogen-bond donors (Lipinski definition) is 1. The smallest absolute Gasteiger partial charge is 0.310 e. The molecule has 0 heterocycles. The predicted molar refractivity (Wildman–Crippen MR) is 64.4 cm³/mol. The highest BCUT2D eigenvalue weighted by molar-refractivity contribution is 6.31. The SMILES string of the molecule is CCOC(=O)Cc1cc(C#N)cc(Cl)c1CN. The number of carbonyl (C=O) groups excluding carboxylic acids is 1. The van der Waals surface area contributed by atoms with Gasteiger partial charge in [-0.15, -0.1) is 0 Å². The summed E-state index contributed by atoms with van der Waals surface area (Å²) in [4.78, 5) is 11.4. The molecule has 0 saturated carbocycles. The fraction of sp³-hybridized carbons (Fsp3) is 0.333. The van der Waals surface area contributed by atoms with Gasteiger partial charge in [-0.25, -0.2) is 0 Å². The van der Waals surface area contributed by atoms with Gasteiger partial charge in [-0.3, -0.25) is 4.79 Å². The maximum Gasteiger partial charge on any atom is 0.310 e. The minimum absolute atomic E-state index is 0.0790. The third-order valence-corrected chi connectivity index (χ3v) is 2.60. The molecule has 0 bridgehead atoms. The molecule has 0 amide bonds. The first-order valence-corrected chi connectivity index (χ1v) is 5.57. The van der Waals surface area contributed by atoms with E-state index >= 15 is 0 Å². The summed E-state index contributed by atoms with van der Waals surface area (Å²) in [5.41, 5.74) is 7.31. The van der Waals surface area contributed by atoms with Crippen LogP contribution in [0.4, 0.5) is 0 Å². The van der Waals surface area contributed by atoms with Crippen LogP contribution in [-0.2, 0) is 22.5 Å². The van der Waals surface area contributed by atoms with Crippen LogP contribution in [-0.4, -0.2) is 12.6 Å². The molecule has 4 nitrogen and oxygen atoms in total. The fourth-order valence-electron chi connectivity index (χ4n) is 1.51. The van der Waals surface area contributed by atoms with Crippen molar-refractivity contribution in [1.29, 1.82) is 5.26 Å². The van der Waals surface area contributed by atoms with E-state index in [1.165, 1.54) is 0 Å². The van der Waals surface area contributed by atoms with E-state index in [1.807, 2.05) is 6.07 Å². The summed E-state index contributed by atoms with van der Waals surface area (Å²) in [6.45, 7) is 2.28. The first-order chi connectivity index (χ1) is 8.12. The van der Waals surface area contributed by atoms with Crippen LogP contribution in [0.15, 0.2) is 12.1 Å². The lowest BCUT2D eigenvalue weighted by Crippen LogP contribution is -2.11. The molecule has 17 heavy (non-hydrogen) atoms. The summed E-state index contributed by atoms with van der Waals surface area (Å²) in [7, 11) is 0. The van der Waals surface area contributed by atoms with Crippen molar-refractivity contribution in [3.63, 3.8) is 0 Å². The van der Waals surface area contributed by atoms with Gasteiger partial charge in [-0.05, 0) is 30.2 Å². The van der Waals surface area contributed by atoms with Crippen molar-refractivity contribution >= 4 is 17.6 Å². The van der Waals surface area contributed by atoms with Crippen LogP contribution in [0.3, 0.4) is 0 Å². The van der Waals surface area contributed by atoms with Crippen molar-refractivity contribution in [1.82, 2.24) is 0 Å². The van der Waals surface area contributed by atoms with Gasteiger partial charge >= 0.3 is 5.97 Å². The molecule has 0 aliphatic heterocycles. The van der Waals surface area contributed by atoms with Crippen molar-refractivity contribution in [2.45, 2.75) is 19.9 Å². The zero-order chi connectivity index (χ0) is 12.8. The monoisotopic (exact) mass is 252 g/mol. The van der Waals surface area contributed by atoms with Crippen LogP contribution >= 0.6 is 11.6 Å². The van der Waals surface area contributed by atoms with Crippen molar-refractivity contribution in [2.75, 3.05) is 6.61 Å². The summed E-state index contributed by atoms with van der Waals surface area (Å²) in [5, 5.41) is 9.24. The molecular weight excluding hydrogens is 240 g/mol. The minimum atomic E-state index is -0.353. The normalized spacial score (nSPS) is 9.76. The van der Waals surface area contributed by atoms with E-state index < -0.39 is 0 Å². The molecule has 5 heteroatoms. The zero-order valence-electron chi connectivity index (χ0n) is 9.50. The molecule has 2 N–H and O–H groups in total. The van der Waals surface area contributed by atoms with Crippen molar-refractivity contribution in [2.24, 2.45) is 5.73 Å². The third kappa shape index (κ3) is 3.45. The van der Waals surface area contributed by atoms with E-state index in [2.05, 4.69) is 0 Å². The van der Waals surface area contributed by atoms with Gasteiger partial charge in [0.15, 0.2) is 0 Å². The topological polar surface area (TPSA) is 76.1 Å². The molecule has 0 fully saturated rings. The Morgan fingerprint density at radius 1 is 1.59 bits per heavy atom. The lowest BCUT2D eigenvalue weighted by molar-refractivity contribution is -0.142. The second kappa shape index (κ2) is 6.24. The van der Waals surface area contributed by atoms with E-state index in [0.29, 0.717) is 28.3 Å². The molecule has 0 saturated heterocycles. The maximum absolute atomic E-state index is 11.4. The maximum atomic E-state index is 11.4.